The largest absolute Gasteiger partial charge is 0.463 e. The molecule has 1 aromatic heterocycles. The molecular weight excluding hydrogens is 488 g/mol. The van der Waals surface area contributed by atoms with E-state index in [-0.39, 0.29) is 12.4 Å². The van der Waals surface area contributed by atoms with E-state index in [9.17, 15) is 9.59 Å². The molecule has 2 aliphatic rings. The Morgan fingerprint density at radius 3 is 2.70 bits per heavy atom. The van der Waals surface area contributed by atoms with Crippen molar-refractivity contribution < 1.29 is 14.3 Å². The Balaban J connectivity index is 1.97. The van der Waals surface area contributed by atoms with Crippen LogP contribution >= 0.6 is 38.9 Å². The third-order valence-corrected chi connectivity index (χ3v) is 7.26. The Morgan fingerprint density at radius 1 is 1.33 bits per heavy atom. The number of anilines is 1. The van der Waals surface area contributed by atoms with Crippen molar-refractivity contribution in [3.63, 3.8) is 0 Å². The van der Waals surface area contributed by atoms with Gasteiger partial charge in [-0.05, 0) is 66.0 Å². The van der Waals surface area contributed by atoms with E-state index in [0.717, 1.165) is 27.2 Å². The highest BCUT2D eigenvalue weighted by molar-refractivity contribution is 9.10. The predicted octanol–water partition coefficient (Wildman–Crippen LogP) is 5.51. The van der Waals surface area contributed by atoms with Crippen LogP contribution in [0.1, 0.15) is 37.0 Å². The third kappa shape index (κ3) is 3.70. The average Bonchev–Trinajstić information content (AvgIpc) is 3.14. The van der Waals surface area contributed by atoms with Crippen LogP contribution in [0, 0.1) is 0 Å². The van der Waals surface area contributed by atoms with Gasteiger partial charge in [0.2, 0.25) is 0 Å². The molecule has 8 heteroatoms. The summed E-state index contributed by atoms with van der Waals surface area (Å²) in [7, 11) is 0. The van der Waals surface area contributed by atoms with Gasteiger partial charge in [-0.3, -0.25) is 9.69 Å². The van der Waals surface area contributed by atoms with Crippen LogP contribution in [0.4, 0.5) is 5.69 Å². The fraction of sp³-hybridized carbons (Fsp3) is 0.273. The molecule has 2 aromatic rings. The normalized spacial score (nSPS) is 19.2. The van der Waals surface area contributed by atoms with Crippen molar-refractivity contribution in [1.82, 2.24) is 0 Å². The van der Waals surface area contributed by atoms with Gasteiger partial charge in [0.15, 0.2) is 5.78 Å². The highest BCUT2D eigenvalue weighted by atomic mass is 79.9. The molecular formula is C22H20BrClN2O3S. The maximum Gasteiger partial charge on any atom is 0.338 e. The van der Waals surface area contributed by atoms with Crippen molar-refractivity contribution in [3.05, 3.63) is 72.7 Å². The summed E-state index contributed by atoms with van der Waals surface area (Å²) in [6.07, 6.45) is 1.89. The molecule has 0 amide bonds. The number of nitrogens with two attached hydrogens (primary N) is 1. The number of carbonyl (C=O) groups excluding carboxylic acids is 2. The summed E-state index contributed by atoms with van der Waals surface area (Å²) in [6, 6.07) is 9.14. The maximum absolute atomic E-state index is 13.2. The van der Waals surface area contributed by atoms with E-state index < -0.39 is 11.9 Å². The highest BCUT2D eigenvalue weighted by Crippen LogP contribution is 2.48. The number of thiophene rings is 1. The molecule has 30 heavy (non-hydrogen) atoms. The molecule has 0 saturated heterocycles. The monoisotopic (exact) mass is 506 g/mol. The first-order valence-corrected chi connectivity index (χ1v) is 11.7. The first kappa shape index (κ1) is 21.2. The molecule has 0 saturated carbocycles. The van der Waals surface area contributed by atoms with Crippen molar-refractivity contribution >= 4 is 56.3 Å². The molecule has 1 atom stereocenters. The number of Topliss-reactive ketones (excluding diaryl/α,β-unsaturated/α-hetero) is 1. The van der Waals surface area contributed by atoms with Gasteiger partial charge in [-0.1, -0.05) is 11.6 Å². The molecule has 156 valence electrons. The number of carbonyl (C=O) groups is 2. The van der Waals surface area contributed by atoms with E-state index in [4.69, 9.17) is 22.1 Å². The SMILES string of the molecule is CCOC(=O)C1=C(N)N(c2ccc(Cl)cc2)C2=C(C(=O)CCC2)C1c1cc(Br)cs1. The first-order chi connectivity index (χ1) is 14.4. The van der Waals surface area contributed by atoms with Crippen molar-refractivity contribution in [3.8, 4) is 0 Å². The molecule has 2 N–H and O–H groups in total. The molecule has 0 spiro atoms. The Kier molecular flexibility index (Phi) is 6.04. The minimum atomic E-state index is -0.535. The zero-order chi connectivity index (χ0) is 21.4. The van der Waals surface area contributed by atoms with Crippen molar-refractivity contribution in [2.75, 3.05) is 11.5 Å². The van der Waals surface area contributed by atoms with Crippen molar-refractivity contribution in [2.45, 2.75) is 32.1 Å². The van der Waals surface area contributed by atoms with Crippen LogP contribution in [0.2, 0.25) is 5.02 Å². The number of benzene rings is 1. The Bertz CT molecular complexity index is 1070. The van der Waals surface area contributed by atoms with Gasteiger partial charge < -0.3 is 10.5 Å². The summed E-state index contributed by atoms with van der Waals surface area (Å²) < 4.78 is 6.26. The molecule has 5 nitrogen and oxygen atoms in total. The highest BCUT2D eigenvalue weighted by Gasteiger charge is 2.43. The number of esters is 1. The second-order valence-electron chi connectivity index (χ2n) is 7.07. The third-order valence-electron chi connectivity index (χ3n) is 5.25. The fourth-order valence-electron chi connectivity index (χ4n) is 4.05. The van der Waals surface area contributed by atoms with Gasteiger partial charge in [-0.15, -0.1) is 11.3 Å². The van der Waals surface area contributed by atoms with Crippen LogP contribution in [0.25, 0.3) is 0 Å². The van der Waals surface area contributed by atoms with Crippen LogP contribution in [-0.2, 0) is 14.3 Å². The summed E-state index contributed by atoms with van der Waals surface area (Å²) in [4.78, 5) is 28.9. The number of rotatable bonds is 4. The predicted molar refractivity (Wildman–Crippen MR) is 122 cm³/mol. The Hall–Kier alpha value is -2.09. The second kappa shape index (κ2) is 8.57. The Morgan fingerprint density at radius 2 is 2.07 bits per heavy atom. The number of allylic oxidation sites excluding steroid dienone is 2. The molecule has 0 radical (unpaired) electrons. The number of nitrogens with zero attached hydrogens (tertiary/aromatic N) is 1. The maximum atomic E-state index is 13.2. The number of hydrogen-bond donors (Lipinski definition) is 1. The minimum Gasteiger partial charge on any atom is -0.463 e. The van der Waals surface area contributed by atoms with E-state index in [0.29, 0.717) is 34.8 Å². The van der Waals surface area contributed by atoms with Gasteiger partial charge in [-0.25, -0.2) is 4.79 Å². The van der Waals surface area contributed by atoms with Gasteiger partial charge >= 0.3 is 5.97 Å². The molecule has 1 unspecified atom stereocenters. The van der Waals surface area contributed by atoms with Gasteiger partial charge in [0.05, 0.1) is 18.1 Å². The second-order valence-corrected chi connectivity index (χ2v) is 9.36. The number of ether oxygens (including phenoxy) is 1. The van der Waals surface area contributed by atoms with Crippen molar-refractivity contribution in [2.24, 2.45) is 5.73 Å². The lowest BCUT2D eigenvalue weighted by Crippen LogP contribution is -2.40. The molecule has 4 rings (SSSR count). The molecule has 2 heterocycles. The number of halogens is 2. The van der Waals surface area contributed by atoms with Crippen LogP contribution in [0.5, 0.6) is 0 Å². The topological polar surface area (TPSA) is 72.6 Å². The Labute approximate surface area is 192 Å². The molecule has 0 fully saturated rings. The molecule has 0 bridgehead atoms. The molecule has 1 aliphatic heterocycles. The van der Waals surface area contributed by atoms with Crippen molar-refractivity contribution in [1.29, 1.82) is 0 Å². The zero-order valence-corrected chi connectivity index (χ0v) is 19.4. The van der Waals surface area contributed by atoms with E-state index in [1.165, 1.54) is 11.3 Å². The van der Waals surface area contributed by atoms with E-state index in [1.54, 1.807) is 19.1 Å². The summed E-state index contributed by atoms with van der Waals surface area (Å²) in [5.74, 6) is -0.710. The number of hydrogen-bond acceptors (Lipinski definition) is 6. The quantitative estimate of drug-likeness (QED) is 0.553. The van der Waals surface area contributed by atoms with E-state index >= 15 is 0 Å². The smallest absolute Gasteiger partial charge is 0.338 e. The van der Waals surface area contributed by atoms with Crippen LogP contribution in [0.15, 0.2) is 62.8 Å². The van der Waals surface area contributed by atoms with Crippen LogP contribution in [0.3, 0.4) is 0 Å². The summed E-state index contributed by atoms with van der Waals surface area (Å²) in [6.45, 7) is 1.97. The first-order valence-electron chi connectivity index (χ1n) is 9.65. The fourth-order valence-corrected chi connectivity index (χ4v) is 5.73. The standard InChI is InChI=1S/C22H20BrClN2O3S/c1-2-29-22(28)20-19(17-10-12(23)11-30-17)18-15(4-3-5-16(18)27)26(21(20)25)14-8-6-13(24)7-9-14/h6-11,19H,2-5,25H2,1H3. The van der Waals surface area contributed by atoms with E-state index in [2.05, 4.69) is 15.9 Å². The van der Waals surface area contributed by atoms with Gasteiger partial charge in [0, 0.05) is 43.1 Å². The lowest BCUT2D eigenvalue weighted by atomic mass is 9.77. The van der Waals surface area contributed by atoms with E-state index in [1.807, 2.05) is 28.5 Å². The summed E-state index contributed by atoms with van der Waals surface area (Å²) in [5, 5.41) is 2.53. The lowest BCUT2D eigenvalue weighted by Gasteiger charge is -2.40. The van der Waals surface area contributed by atoms with Gasteiger partial charge in [0.25, 0.3) is 0 Å². The molecule has 1 aromatic carbocycles. The van der Waals surface area contributed by atoms with Gasteiger partial charge in [-0.2, -0.15) is 0 Å². The summed E-state index contributed by atoms with van der Waals surface area (Å²) >= 11 is 11.0. The zero-order valence-electron chi connectivity index (χ0n) is 16.3. The number of ketones is 1. The lowest BCUT2D eigenvalue weighted by molar-refractivity contribution is -0.138. The summed E-state index contributed by atoms with van der Waals surface area (Å²) in [5.41, 5.74) is 9.16. The van der Waals surface area contributed by atoms with Crippen LogP contribution in [-0.4, -0.2) is 18.4 Å². The molecule has 1 aliphatic carbocycles. The van der Waals surface area contributed by atoms with Crippen LogP contribution < -0.4 is 10.6 Å². The minimum absolute atomic E-state index is 0.0408. The van der Waals surface area contributed by atoms with Gasteiger partial charge in [0.1, 0.15) is 5.82 Å². The average molecular weight is 508 g/mol.